The minimum atomic E-state index is -2.15. The predicted octanol–water partition coefficient (Wildman–Crippen LogP) is 2.21. The summed E-state index contributed by atoms with van der Waals surface area (Å²) in [6, 6.07) is -0.986. The molecule has 1 aliphatic heterocycles. The number of hydrogen-bond acceptors (Lipinski definition) is 9. The third kappa shape index (κ3) is 7.50. The molecule has 1 radical (unpaired) electrons. The van der Waals surface area contributed by atoms with Gasteiger partial charge in [0.25, 0.3) is 0 Å². The van der Waals surface area contributed by atoms with E-state index in [0.717, 1.165) is 30.3 Å². The van der Waals surface area contributed by atoms with Crippen LogP contribution in [0.1, 0.15) is 51.3 Å². The molecule has 0 spiro atoms. The monoisotopic (exact) mass is 514 g/mol. The molecule has 1 aromatic heterocycles. The number of azide groups is 1. The first-order valence-corrected chi connectivity index (χ1v) is 13.7. The fourth-order valence-corrected chi connectivity index (χ4v) is 4.39. The second-order valence-corrected chi connectivity index (χ2v) is 10.4. The number of aromatic nitrogens is 2. The van der Waals surface area contributed by atoms with Gasteiger partial charge in [0.1, 0.15) is 0 Å². The van der Waals surface area contributed by atoms with Gasteiger partial charge >= 0.3 is 204 Å². The van der Waals surface area contributed by atoms with Gasteiger partial charge in [-0.05, 0) is 0 Å². The summed E-state index contributed by atoms with van der Waals surface area (Å²) in [5, 5.41) is 3.90. The van der Waals surface area contributed by atoms with E-state index in [1.54, 1.807) is 6.92 Å². The molecule has 0 aromatic carbocycles. The Balaban J connectivity index is 2.53. The van der Waals surface area contributed by atoms with Crippen LogP contribution in [-0.2, 0) is 18.4 Å². The van der Waals surface area contributed by atoms with Crippen molar-refractivity contribution in [2.45, 2.75) is 70.4 Å². The zero-order valence-corrected chi connectivity index (χ0v) is 21.3. The van der Waals surface area contributed by atoms with Crippen LogP contribution in [0.3, 0.4) is 0 Å². The van der Waals surface area contributed by atoms with E-state index in [-0.39, 0.29) is 18.8 Å². The Kier molecular flexibility index (Phi) is 12.0. The maximum absolute atomic E-state index is 12.6. The summed E-state index contributed by atoms with van der Waals surface area (Å²) in [6.07, 6.45) is 2.69. The molecular formula is C19H30BN5O7PS. The summed E-state index contributed by atoms with van der Waals surface area (Å²) >= 11 is 0.586. The summed E-state index contributed by atoms with van der Waals surface area (Å²) in [5.74, 6) is 0. The first kappa shape index (κ1) is 28.7. The zero-order valence-electron chi connectivity index (χ0n) is 19.5. The fraction of sp³-hybridized carbons (Fsp3) is 0.789. The van der Waals surface area contributed by atoms with E-state index in [9.17, 15) is 20.0 Å². The molecule has 0 saturated carbocycles. The quantitative estimate of drug-likeness (QED) is 0.0708. The molecule has 5 atom stereocenters. The Morgan fingerprint density at radius 2 is 2.06 bits per heavy atom. The molecule has 1 aromatic rings. The van der Waals surface area contributed by atoms with E-state index < -0.39 is 42.1 Å². The van der Waals surface area contributed by atoms with Crippen LogP contribution in [-0.4, -0.2) is 60.9 Å². The predicted molar refractivity (Wildman–Crippen MR) is 128 cm³/mol. The molecule has 0 aliphatic carbocycles. The molecule has 0 bridgehead atoms. The van der Waals surface area contributed by atoms with E-state index in [0.29, 0.717) is 24.9 Å². The Labute approximate surface area is 203 Å². The molecule has 15 heteroatoms. The van der Waals surface area contributed by atoms with E-state index in [1.165, 1.54) is 6.20 Å². The number of unbranched alkanes of at least 4 members (excludes halogenated alkanes) is 2. The molecule has 12 nitrogen and oxygen atoms in total. The van der Waals surface area contributed by atoms with Crippen LogP contribution in [0.2, 0.25) is 0 Å². The van der Waals surface area contributed by atoms with Crippen LogP contribution >= 0.6 is 18.5 Å². The second-order valence-electron chi connectivity index (χ2n) is 7.92. The van der Waals surface area contributed by atoms with Gasteiger partial charge in [-0.2, -0.15) is 0 Å². The Bertz CT molecular complexity index is 989. The number of H-pyrrole nitrogens is 1. The van der Waals surface area contributed by atoms with Gasteiger partial charge in [-0.15, -0.1) is 0 Å². The van der Waals surface area contributed by atoms with Crippen molar-refractivity contribution in [3.05, 3.63) is 43.0 Å². The van der Waals surface area contributed by atoms with Crippen LogP contribution in [0.25, 0.3) is 10.4 Å². The van der Waals surface area contributed by atoms with E-state index in [1.807, 2.05) is 13.8 Å². The summed E-state index contributed by atoms with van der Waals surface area (Å²) in [6.45, 7) is 4.04. The maximum atomic E-state index is 12.6. The van der Waals surface area contributed by atoms with Gasteiger partial charge in [-0.25, -0.2) is 0 Å². The summed E-state index contributed by atoms with van der Waals surface area (Å²) < 4.78 is 25.0. The van der Waals surface area contributed by atoms with E-state index >= 15 is 0 Å². The van der Waals surface area contributed by atoms with Crippen molar-refractivity contribution >= 4 is 25.7 Å². The number of ether oxygens (including phenoxy) is 3. The minimum absolute atomic E-state index is 0.00323. The van der Waals surface area contributed by atoms with Crippen molar-refractivity contribution in [3.63, 3.8) is 0 Å². The summed E-state index contributed by atoms with van der Waals surface area (Å²) in [7, 11) is 5.34. The number of aryl methyl sites for hydroxylation is 1. The van der Waals surface area contributed by atoms with Gasteiger partial charge in [0.15, 0.2) is 0 Å². The first-order valence-electron chi connectivity index (χ1n) is 11.0. The molecule has 5 unspecified atom stereocenters. The average molecular weight is 514 g/mol. The zero-order chi connectivity index (χ0) is 25.1. The molecule has 1 N–H and O–H groups in total. The molecule has 1 aliphatic rings. The van der Waals surface area contributed by atoms with Gasteiger partial charge < -0.3 is 0 Å². The van der Waals surface area contributed by atoms with Crippen molar-refractivity contribution in [3.8, 4) is 0 Å². The molecule has 187 valence electrons. The van der Waals surface area contributed by atoms with Crippen LogP contribution in [0.4, 0.5) is 0 Å². The van der Waals surface area contributed by atoms with Crippen molar-refractivity contribution in [2.75, 3.05) is 26.4 Å². The number of nitrogens with zero attached hydrogens (tertiary/aromatic N) is 4. The van der Waals surface area contributed by atoms with Gasteiger partial charge in [0.05, 0.1) is 0 Å². The van der Waals surface area contributed by atoms with Crippen molar-refractivity contribution in [1.29, 1.82) is 0 Å². The van der Waals surface area contributed by atoms with Crippen LogP contribution in [0.15, 0.2) is 20.9 Å². The second kappa shape index (κ2) is 14.2. The standard InChI is InChI=1S/C19H30BN5O7PS/c1-4-6-8-29-11-19(12-31-34-33(20)28)15(30-9-7-5-2)14(23-24-21)17(32-19)25-10-13(3)16(26)22-18(25)27/h10,14-15,17H,4-9,11-12H2,1-3H3,(H,22,26,27). The Hall–Kier alpha value is -1.50. The van der Waals surface area contributed by atoms with Crippen molar-refractivity contribution < 1.29 is 23.3 Å². The number of hydrogen-bond donors (Lipinski definition) is 1. The number of rotatable bonds is 15. The molecule has 2 heterocycles. The number of aromatic amines is 1. The molecule has 1 saturated heterocycles. The third-order valence-electron chi connectivity index (χ3n) is 5.29. The summed E-state index contributed by atoms with van der Waals surface area (Å²) in [4.78, 5) is 41.1. The van der Waals surface area contributed by atoms with Gasteiger partial charge in [-0.1, -0.05) is 0 Å². The SMILES string of the molecule is [B]=[P+]([O-])SOCC1(COCCCC)OC(n2cc(C)c(=O)[nH]c2=O)C(N=[N+]=[N-])C1OCCCC. The number of nitrogens with one attached hydrogen (secondary N) is 1. The average Bonchev–Trinajstić information content (AvgIpc) is 3.07. The van der Waals surface area contributed by atoms with Crippen LogP contribution < -0.4 is 16.1 Å². The molecule has 0 amide bonds. The Morgan fingerprint density at radius 1 is 1.35 bits per heavy atom. The third-order valence-corrected chi connectivity index (χ3v) is 6.42. The Morgan fingerprint density at radius 3 is 2.71 bits per heavy atom. The summed E-state index contributed by atoms with van der Waals surface area (Å²) in [5.41, 5.74) is 7.00. The fourth-order valence-electron chi connectivity index (χ4n) is 3.56. The van der Waals surface area contributed by atoms with Gasteiger partial charge in [0, 0.05) is 0 Å². The molecule has 2 rings (SSSR count). The van der Waals surface area contributed by atoms with Crippen molar-refractivity contribution in [1.82, 2.24) is 9.55 Å². The van der Waals surface area contributed by atoms with Gasteiger partial charge in [-0.3, -0.25) is 0 Å². The van der Waals surface area contributed by atoms with Crippen LogP contribution in [0, 0.1) is 6.92 Å². The molecular weight excluding hydrogens is 484 g/mol. The van der Waals surface area contributed by atoms with E-state index in [4.69, 9.17) is 25.6 Å². The normalized spacial score (nSPS) is 24.7. The topological polar surface area (TPSA) is 164 Å². The van der Waals surface area contributed by atoms with Crippen LogP contribution in [0.5, 0.6) is 0 Å². The molecule has 34 heavy (non-hydrogen) atoms. The van der Waals surface area contributed by atoms with Crippen molar-refractivity contribution in [2.24, 2.45) is 5.11 Å². The van der Waals surface area contributed by atoms with Gasteiger partial charge in [0.2, 0.25) is 0 Å². The molecule has 1 fully saturated rings. The van der Waals surface area contributed by atoms with E-state index in [2.05, 4.69) is 15.0 Å². The first-order chi connectivity index (χ1) is 16.3.